The van der Waals surface area contributed by atoms with Gasteiger partial charge in [-0.1, -0.05) is 55.0 Å². The van der Waals surface area contributed by atoms with Crippen molar-refractivity contribution in [2.24, 2.45) is 0 Å². The van der Waals surface area contributed by atoms with Crippen LogP contribution in [0.2, 0.25) is 0 Å². The summed E-state index contributed by atoms with van der Waals surface area (Å²) in [4.78, 5) is 3.78. The average Bonchev–Trinajstić information content (AvgIpc) is 2.38. The molecule has 110 valence electrons. The zero-order chi connectivity index (χ0) is 13.7. The first-order chi connectivity index (χ1) is 7.83. The Morgan fingerprint density at radius 1 is 0.944 bits per heavy atom. The highest BCUT2D eigenvalue weighted by Gasteiger charge is 1.58. The fourth-order valence-corrected chi connectivity index (χ4v) is 0.313. The topological polar surface area (TPSA) is 12.9 Å². The first-order valence-electron chi connectivity index (χ1n) is 5.32. The first kappa shape index (κ1) is 36.0. The largest absolute Gasteiger partial charge is 0.265 e. The molecule has 0 spiro atoms. The fraction of sp³-hybridized carbons (Fsp3) is 0.643. The second-order valence-electron chi connectivity index (χ2n) is 1.89. The number of halogens is 2. The molecule has 0 bridgehead atoms. The van der Waals surface area contributed by atoms with Crippen LogP contribution in [0.5, 0.6) is 0 Å². The SMILES string of the molecule is C.C.CC.CCC.C[18F].[B]CF.c1ccncc1. The van der Waals surface area contributed by atoms with Crippen LogP contribution in [-0.2, 0) is 0 Å². The van der Waals surface area contributed by atoms with Crippen molar-refractivity contribution in [2.45, 2.75) is 49.0 Å². The van der Waals surface area contributed by atoms with Crippen molar-refractivity contribution in [1.29, 1.82) is 0 Å². The van der Waals surface area contributed by atoms with E-state index in [2.05, 4.69) is 26.7 Å². The van der Waals surface area contributed by atoms with E-state index in [1.807, 2.05) is 32.0 Å². The second kappa shape index (κ2) is 73.0. The Balaban J connectivity index is -0.0000000267. The quantitative estimate of drug-likeness (QED) is 0.565. The van der Waals surface area contributed by atoms with Gasteiger partial charge in [-0.05, 0) is 12.1 Å². The molecule has 1 rings (SSSR count). The van der Waals surface area contributed by atoms with Gasteiger partial charge < -0.3 is 0 Å². The molecule has 1 aromatic rings. The van der Waals surface area contributed by atoms with Crippen molar-refractivity contribution in [3.05, 3.63) is 30.6 Å². The van der Waals surface area contributed by atoms with Gasteiger partial charge in [0.05, 0.1) is 7.18 Å². The molecule has 1 aromatic heterocycles. The van der Waals surface area contributed by atoms with E-state index in [9.17, 15) is 8.78 Å². The van der Waals surface area contributed by atoms with E-state index in [0.29, 0.717) is 7.18 Å². The van der Waals surface area contributed by atoms with E-state index in [1.54, 1.807) is 12.4 Å². The molecule has 0 aliphatic rings. The Bertz CT molecular complexity index is 112. The summed E-state index contributed by atoms with van der Waals surface area (Å²) in [6.45, 7) is 7.50. The minimum atomic E-state index is -0.750. The predicted octanol–water partition coefficient (Wildman–Crippen LogP) is 5.46. The molecule has 0 amide bonds. The van der Waals surface area contributed by atoms with Crippen molar-refractivity contribution < 1.29 is 8.78 Å². The molecular weight excluding hydrogens is 230 g/mol. The molecular formula is C14H32BF2N. The third-order valence-electron chi connectivity index (χ3n) is 0.566. The molecule has 0 saturated heterocycles. The summed E-state index contributed by atoms with van der Waals surface area (Å²) >= 11 is 0. The summed E-state index contributed by atoms with van der Waals surface area (Å²) in [5.74, 6) is 0. The standard InChI is InChI=1S/C5H5N.C3H8.C2H6.CH2BF.CH3F.2CH4/c1-2-4-6-5-3-1;1-3-2;1-2;2-1-3;1-2;;/h1-5H;3H2,1-2H3;1-2H3;1H2;1H3;2*1H4/i;;;;2-1;;. The van der Waals surface area contributed by atoms with E-state index in [1.165, 1.54) is 6.42 Å². The third kappa shape index (κ3) is 116. The van der Waals surface area contributed by atoms with Gasteiger partial charge in [0.15, 0.2) is 0 Å². The summed E-state index contributed by atoms with van der Waals surface area (Å²) < 4.78 is 19.6. The number of hydrogen-bond donors (Lipinski definition) is 0. The van der Waals surface area contributed by atoms with Gasteiger partial charge in [-0.25, -0.2) is 0 Å². The minimum absolute atomic E-state index is 0. The molecule has 0 atom stereocenters. The summed E-state index contributed by atoms with van der Waals surface area (Å²) in [6, 6.07) is 5.72. The lowest BCUT2D eigenvalue weighted by Crippen LogP contribution is -1.58. The van der Waals surface area contributed by atoms with Crippen molar-refractivity contribution in [3.63, 3.8) is 0 Å². The molecule has 1 nitrogen and oxygen atoms in total. The van der Waals surface area contributed by atoms with E-state index in [4.69, 9.17) is 0 Å². The van der Waals surface area contributed by atoms with Gasteiger partial charge in [0.25, 0.3) is 0 Å². The minimum Gasteiger partial charge on any atom is -0.265 e. The Morgan fingerprint density at radius 3 is 1.22 bits per heavy atom. The highest BCUT2D eigenvalue weighted by molar-refractivity contribution is 6.07. The number of rotatable bonds is 0. The molecule has 0 unspecified atom stereocenters. The Kier molecular flexibility index (Phi) is 146. The number of hydrogen-bond acceptors (Lipinski definition) is 1. The summed E-state index contributed by atoms with van der Waals surface area (Å²) in [5, 5.41) is 0. The van der Waals surface area contributed by atoms with Gasteiger partial charge >= 0.3 is 0 Å². The average molecular weight is 262 g/mol. The predicted molar refractivity (Wildman–Crippen MR) is 83.8 cm³/mol. The van der Waals surface area contributed by atoms with Gasteiger partial charge in [-0.15, -0.1) is 0 Å². The highest BCUT2D eigenvalue weighted by Crippen LogP contribution is 1.73. The summed E-state index contributed by atoms with van der Waals surface area (Å²) in [5.41, 5.74) is 0. The van der Waals surface area contributed by atoms with Crippen molar-refractivity contribution in [3.8, 4) is 0 Å². The maximum atomic E-state index is 10.1. The molecule has 0 fully saturated rings. The van der Waals surface area contributed by atoms with Crippen LogP contribution in [0.4, 0.5) is 8.78 Å². The van der Waals surface area contributed by atoms with Crippen molar-refractivity contribution in [1.82, 2.24) is 4.98 Å². The monoisotopic (exact) mass is 262 g/mol. The van der Waals surface area contributed by atoms with E-state index in [-0.39, 0.29) is 14.9 Å². The summed E-state index contributed by atoms with van der Waals surface area (Å²) in [6.07, 6.45) is 4.75. The first-order valence-corrected chi connectivity index (χ1v) is 5.32. The van der Waals surface area contributed by atoms with Crippen LogP contribution < -0.4 is 0 Å². The smallest absolute Gasteiger partial charge is 0.111 e. The lowest BCUT2D eigenvalue weighted by atomic mass is 10.2. The van der Waals surface area contributed by atoms with Crippen molar-refractivity contribution in [2.75, 3.05) is 13.8 Å². The maximum absolute atomic E-state index is 10.1. The van der Waals surface area contributed by atoms with E-state index in [0.717, 1.165) is 0 Å². The van der Waals surface area contributed by atoms with E-state index >= 15 is 0 Å². The number of alkyl halides is 2. The number of pyridine rings is 1. The molecule has 18 heavy (non-hydrogen) atoms. The second-order valence-corrected chi connectivity index (χ2v) is 1.89. The third-order valence-corrected chi connectivity index (χ3v) is 0.566. The molecule has 0 saturated carbocycles. The van der Waals surface area contributed by atoms with Crippen LogP contribution in [-0.4, -0.2) is 26.6 Å². The maximum Gasteiger partial charge on any atom is 0.111 e. The van der Waals surface area contributed by atoms with Crippen LogP contribution in [0.15, 0.2) is 30.6 Å². The van der Waals surface area contributed by atoms with Crippen LogP contribution in [0.1, 0.15) is 49.0 Å². The molecule has 4 heteroatoms. The zero-order valence-electron chi connectivity index (χ0n) is 11.1. The zero-order valence-corrected chi connectivity index (χ0v) is 11.1. The summed E-state index contributed by atoms with van der Waals surface area (Å²) in [7, 11) is 4.68. The Morgan fingerprint density at radius 2 is 1.17 bits per heavy atom. The number of aromatic nitrogens is 1. The van der Waals surface area contributed by atoms with Crippen LogP contribution in [0, 0.1) is 0 Å². The van der Waals surface area contributed by atoms with Gasteiger partial charge in [0, 0.05) is 19.0 Å². The molecule has 0 aliphatic carbocycles. The Labute approximate surface area is 115 Å². The number of nitrogens with zero attached hydrogens (tertiary/aromatic N) is 1. The molecule has 0 N–H and O–H groups in total. The van der Waals surface area contributed by atoms with Gasteiger partial charge in [0.1, 0.15) is 7.85 Å². The van der Waals surface area contributed by atoms with Crippen LogP contribution in [0.3, 0.4) is 0 Å². The van der Waals surface area contributed by atoms with E-state index < -0.39 is 6.57 Å². The molecule has 2 radical (unpaired) electrons. The molecule has 1 heterocycles. The lowest BCUT2D eigenvalue weighted by Gasteiger charge is -1.70. The Hall–Kier alpha value is -0.925. The molecule has 0 aromatic carbocycles. The van der Waals surface area contributed by atoms with Crippen LogP contribution in [0.25, 0.3) is 0 Å². The lowest BCUT2D eigenvalue weighted by molar-refractivity contribution is 0.598. The highest BCUT2D eigenvalue weighted by atomic mass is 19.1. The molecule has 0 aliphatic heterocycles. The van der Waals surface area contributed by atoms with Crippen molar-refractivity contribution >= 4 is 7.85 Å². The van der Waals surface area contributed by atoms with Gasteiger partial charge in [-0.3, -0.25) is 13.8 Å². The normalized spacial score (nSPS) is 5.28. The fourth-order valence-electron chi connectivity index (χ4n) is 0.313. The van der Waals surface area contributed by atoms with Gasteiger partial charge in [0.2, 0.25) is 0 Å². The van der Waals surface area contributed by atoms with Crippen LogP contribution >= 0.6 is 0 Å². The van der Waals surface area contributed by atoms with Gasteiger partial charge in [-0.2, -0.15) is 0 Å².